The fourth-order valence-electron chi connectivity index (χ4n) is 3.48. The molecule has 0 heterocycles. The Labute approximate surface area is 193 Å². The lowest BCUT2D eigenvalue weighted by Gasteiger charge is -2.36. The van der Waals surface area contributed by atoms with Gasteiger partial charge in [-0.05, 0) is 42.3 Å². The van der Waals surface area contributed by atoms with Crippen LogP contribution in [0.4, 0.5) is 10.5 Å². The molecule has 3 aromatic rings. The Morgan fingerprint density at radius 3 is 2.06 bits per heavy atom. The molecule has 0 unspecified atom stereocenters. The zero-order chi connectivity index (χ0) is 23.7. The lowest BCUT2D eigenvalue weighted by atomic mass is 9.86. The number of carbonyl (C=O) groups is 2. The van der Waals surface area contributed by atoms with Crippen molar-refractivity contribution >= 4 is 17.7 Å². The lowest BCUT2D eigenvalue weighted by molar-refractivity contribution is -0.148. The predicted molar refractivity (Wildman–Crippen MR) is 126 cm³/mol. The topological polar surface area (TPSA) is 85.9 Å². The first kappa shape index (κ1) is 23.7. The Morgan fingerprint density at radius 2 is 1.48 bits per heavy atom. The molecule has 3 rings (SSSR count). The van der Waals surface area contributed by atoms with E-state index in [-0.39, 0.29) is 6.61 Å². The summed E-state index contributed by atoms with van der Waals surface area (Å²) in [5.74, 6) is 0.0872. The Hall–Kier alpha value is -4.00. The van der Waals surface area contributed by atoms with E-state index in [1.807, 2.05) is 72.8 Å². The summed E-state index contributed by atoms with van der Waals surface area (Å²) >= 11 is 0. The molecule has 0 saturated heterocycles. The van der Waals surface area contributed by atoms with Gasteiger partial charge in [0.2, 0.25) is 0 Å². The molecule has 2 atom stereocenters. The average Bonchev–Trinajstić information content (AvgIpc) is 2.86. The third-order valence-corrected chi connectivity index (χ3v) is 5.30. The molecule has 0 bridgehead atoms. The van der Waals surface area contributed by atoms with E-state index in [1.54, 1.807) is 26.2 Å². The minimum absolute atomic E-state index is 0.0752. The lowest BCUT2D eigenvalue weighted by Crippen LogP contribution is -2.58. The van der Waals surface area contributed by atoms with Crippen molar-refractivity contribution in [3.8, 4) is 5.75 Å². The minimum Gasteiger partial charge on any atom is -0.497 e. The van der Waals surface area contributed by atoms with Gasteiger partial charge in [0, 0.05) is 5.69 Å². The van der Waals surface area contributed by atoms with Gasteiger partial charge in [-0.25, -0.2) is 9.59 Å². The Kier molecular flexibility index (Phi) is 7.91. The van der Waals surface area contributed by atoms with Crippen LogP contribution in [0.15, 0.2) is 84.9 Å². The first-order chi connectivity index (χ1) is 16.0. The molecular formula is C26H28N2O5. The summed E-state index contributed by atoms with van der Waals surface area (Å²) < 4.78 is 15.7. The summed E-state index contributed by atoms with van der Waals surface area (Å²) in [7, 11) is 2.88. The van der Waals surface area contributed by atoms with E-state index >= 15 is 0 Å². The van der Waals surface area contributed by atoms with Crippen LogP contribution in [-0.4, -0.2) is 31.8 Å². The highest BCUT2D eigenvalue weighted by atomic mass is 16.6. The van der Waals surface area contributed by atoms with Crippen LogP contribution in [0.1, 0.15) is 24.1 Å². The summed E-state index contributed by atoms with van der Waals surface area (Å²) in [6.07, 6.45) is -0.732. The second-order valence-corrected chi connectivity index (χ2v) is 7.60. The maximum Gasteiger partial charge on any atom is 0.408 e. The van der Waals surface area contributed by atoms with E-state index in [0.717, 1.165) is 16.8 Å². The van der Waals surface area contributed by atoms with Gasteiger partial charge in [-0.15, -0.1) is 0 Å². The number of esters is 1. The second kappa shape index (κ2) is 11.0. The van der Waals surface area contributed by atoms with E-state index in [2.05, 4.69) is 10.6 Å². The molecule has 33 heavy (non-hydrogen) atoms. The van der Waals surface area contributed by atoms with Gasteiger partial charge >= 0.3 is 12.1 Å². The van der Waals surface area contributed by atoms with E-state index in [4.69, 9.17) is 14.2 Å². The zero-order valence-electron chi connectivity index (χ0n) is 18.9. The molecule has 0 radical (unpaired) electrons. The quantitative estimate of drug-likeness (QED) is 0.461. The van der Waals surface area contributed by atoms with Crippen LogP contribution in [-0.2, 0) is 20.9 Å². The standard InChI is InChI=1S/C26H28N2O5/c1-26(24(29)32-3,28-25(30)33-18-19-10-6-4-7-11-19)23(20-12-8-5-9-13-20)27-21-14-16-22(31-2)17-15-21/h4-17,23,27H,18H2,1-3H3,(H,28,30)/t23-,26-/m1/s1. The van der Waals surface area contributed by atoms with Crippen LogP contribution in [0.2, 0.25) is 0 Å². The molecule has 0 aromatic heterocycles. The molecule has 2 N–H and O–H groups in total. The second-order valence-electron chi connectivity index (χ2n) is 7.60. The van der Waals surface area contributed by atoms with Crippen molar-refractivity contribution in [3.63, 3.8) is 0 Å². The fourth-order valence-corrected chi connectivity index (χ4v) is 3.48. The number of rotatable bonds is 9. The summed E-state index contributed by atoms with van der Waals surface area (Å²) in [4.78, 5) is 25.7. The van der Waals surface area contributed by atoms with Crippen molar-refractivity contribution in [1.29, 1.82) is 0 Å². The molecule has 0 saturated carbocycles. The Morgan fingerprint density at radius 1 is 0.879 bits per heavy atom. The average molecular weight is 449 g/mol. The predicted octanol–water partition coefficient (Wildman–Crippen LogP) is 4.71. The number of hydrogen-bond acceptors (Lipinski definition) is 6. The third kappa shape index (κ3) is 6.04. The van der Waals surface area contributed by atoms with Crippen molar-refractivity contribution in [2.24, 2.45) is 0 Å². The van der Waals surface area contributed by atoms with Gasteiger partial charge in [0.25, 0.3) is 0 Å². The molecule has 0 aliphatic heterocycles. The zero-order valence-corrected chi connectivity index (χ0v) is 18.9. The maximum absolute atomic E-state index is 13.0. The number of carbonyl (C=O) groups excluding carboxylic acids is 2. The molecule has 3 aromatic carbocycles. The molecule has 172 valence electrons. The van der Waals surface area contributed by atoms with Crippen molar-refractivity contribution in [1.82, 2.24) is 5.32 Å². The summed E-state index contributed by atoms with van der Waals surface area (Å²) in [5.41, 5.74) is 0.872. The van der Waals surface area contributed by atoms with Crippen molar-refractivity contribution in [2.45, 2.75) is 25.1 Å². The van der Waals surface area contributed by atoms with Crippen molar-refractivity contribution < 1.29 is 23.8 Å². The molecule has 0 aliphatic carbocycles. The third-order valence-electron chi connectivity index (χ3n) is 5.30. The first-order valence-electron chi connectivity index (χ1n) is 10.5. The summed E-state index contributed by atoms with van der Waals surface area (Å²) in [6, 6.07) is 25.3. The number of nitrogens with one attached hydrogen (secondary N) is 2. The summed E-state index contributed by atoms with van der Waals surface area (Å²) in [6.45, 7) is 1.68. The van der Waals surface area contributed by atoms with Crippen LogP contribution in [0, 0.1) is 0 Å². The van der Waals surface area contributed by atoms with Crippen LogP contribution >= 0.6 is 0 Å². The molecular weight excluding hydrogens is 420 g/mol. The maximum atomic E-state index is 13.0. The Balaban J connectivity index is 1.89. The number of hydrogen-bond donors (Lipinski definition) is 2. The van der Waals surface area contributed by atoms with E-state index in [9.17, 15) is 9.59 Å². The van der Waals surface area contributed by atoms with Gasteiger partial charge in [0.15, 0.2) is 5.54 Å². The van der Waals surface area contributed by atoms with Gasteiger partial charge in [-0.2, -0.15) is 0 Å². The molecule has 7 nitrogen and oxygen atoms in total. The molecule has 0 spiro atoms. The number of amides is 1. The fraction of sp³-hybridized carbons (Fsp3) is 0.231. The summed E-state index contributed by atoms with van der Waals surface area (Å²) in [5, 5.41) is 6.09. The monoisotopic (exact) mass is 448 g/mol. The smallest absolute Gasteiger partial charge is 0.408 e. The molecule has 1 amide bonds. The number of ether oxygens (including phenoxy) is 3. The molecule has 0 aliphatic rings. The van der Waals surface area contributed by atoms with Gasteiger partial charge in [-0.3, -0.25) is 0 Å². The van der Waals surface area contributed by atoms with E-state index < -0.39 is 23.6 Å². The highest BCUT2D eigenvalue weighted by Gasteiger charge is 2.45. The van der Waals surface area contributed by atoms with Gasteiger partial charge < -0.3 is 24.8 Å². The van der Waals surface area contributed by atoms with Gasteiger partial charge in [-0.1, -0.05) is 60.7 Å². The van der Waals surface area contributed by atoms with E-state index in [1.165, 1.54) is 7.11 Å². The van der Waals surface area contributed by atoms with Crippen LogP contribution < -0.4 is 15.4 Å². The van der Waals surface area contributed by atoms with Crippen LogP contribution in [0.3, 0.4) is 0 Å². The number of alkyl carbamates (subject to hydrolysis) is 1. The SMILES string of the molecule is COC(=O)[C@](C)(NC(=O)OCc1ccccc1)[C@H](Nc1ccc(OC)cc1)c1ccccc1. The van der Waals surface area contributed by atoms with Crippen molar-refractivity contribution in [3.05, 3.63) is 96.1 Å². The molecule has 7 heteroatoms. The number of methoxy groups -OCH3 is 2. The number of benzene rings is 3. The normalized spacial score (nSPS) is 13.2. The number of anilines is 1. The largest absolute Gasteiger partial charge is 0.497 e. The minimum atomic E-state index is -1.48. The van der Waals surface area contributed by atoms with E-state index in [0.29, 0.717) is 5.75 Å². The van der Waals surface area contributed by atoms with Crippen LogP contribution in [0.25, 0.3) is 0 Å². The molecule has 0 fully saturated rings. The van der Waals surface area contributed by atoms with Crippen LogP contribution in [0.5, 0.6) is 5.75 Å². The first-order valence-corrected chi connectivity index (χ1v) is 10.5. The Bertz CT molecular complexity index is 1040. The van der Waals surface area contributed by atoms with Gasteiger partial charge in [0.05, 0.1) is 20.3 Å². The van der Waals surface area contributed by atoms with Gasteiger partial charge in [0.1, 0.15) is 12.4 Å². The van der Waals surface area contributed by atoms with Crippen molar-refractivity contribution in [2.75, 3.05) is 19.5 Å². The highest BCUT2D eigenvalue weighted by molar-refractivity contribution is 5.87. The highest BCUT2D eigenvalue weighted by Crippen LogP contribution is 2.32.